The topological polar surface area (TPSA) is 68.9 Å². The van der Waals surface area contributed by atoms with Crippen molar-refractivity contribution in [3.63, 3.8) is 0 Å². The fourth-order valence-corrected chi connectivity index (χ4v) is 1.57. The van der Waals surface area contributed by atoms with Crippen LogP contribution in [0.5, 0.6) is 0 Å². The Balaban J connectivity index is 2.23. The Morgan fingerprint density at radius 3 is 3.19 bits per heavy atom. The van der Waals surface area contributed by atoms with Crippen LogP contribution in [0.4, 0.5) is 0 Å². The number of rotatable bonds is 5. The molecular weight excluding hydrogens is 228 g/mol. The van der Waals surface area contributed by atoms with Gasteiger partial charge < -0.3 is 9.15 Å². The molecule has 2 rings (SSSR count). The molecule has 0 spiro atoms. The molecule has 0 amide bonds. The molecule has 0 aromatic carbocycles. The second-order valence-electron chi connectivity index (χ2n) is 3.07. The Labute approximate surface area is 97.3 Å². The highest BCUT2D eigenvalue weighted by Gasteiger charge is 2.10. The Morgan fingerprint density at radius 1 is 1.62 bits per heavy atom. The van der Waals surface area contributed by atoms with Gasteiger partial charge in [0, 0.05) is 6.61 Å². The number of aromatic nitrogens is 4. The van der Waals surface area contributed by atoms with Gasteiger partial charge in [0.15, 0.2) is 17.0 Å². The summed E-state index contributed by atoms with van der Waals surface area (Å²) in [5, 5.41) is 6.84. The van der Waals surface area contributed by atoms with E-state index >= 15 is 0 Å². The number of ether oxygens (including phenoxy) is 1. The molecule has 0 bridgehead atoms. The lowest BCUT2D eigenvalue weighted by atomic mass is 10.4. The summed E-state index contributed by atoms with van der Waals surface area (Å²) in [5.74, 6) is 0.665. The van der Waals surface area contributed by atoms with Crippen LogP contribution in [0.2, 0.25) is 0 Å². The van der Waals surface area contributed by atoms with Gasteiger partial charge in [-0.3, -0.25) is 9.67 Å². The van der Waals surface area contributed by atoms with Crippen LogP contribution in [0.1, 0.15) is 6.92 Å². The third kappa shape index (κ3) is 2.20. The largest absolute Gasteiger partial charge is 0.451 e. The van der Waals surface area contributed by atoms with Crippen molar-refractivity contribution in [2.45, 2.75) is 13.5 Å². The quantitative estimate of drug-likeness (QED) is 0.635. The standard InChI is InChI=1S/C9H12N4O2S/c1-2-14-4-3-13-8(11-12-9(13)16)7-5-15-6-10-7/h5-6H,2-4H2,1H3,(H,12,16). The summed E-state index contributed by atoms with van der Waals surface area (Å²) in [4.78, 5) is 4.03. The first kappa shape index (κ1) is 11.0. The molecule has 16 heavy (non-hydrogen) atoms. The molecule has 0 aliphatic heterocycles. The lowest BCUT2D eigenvalue weighted by Crippen LogP contribution is -2.07. The first-order chi connectivity index (χ1) is 7.83. The first-order valence-electron chi connectivity index (χ1n) is 4.94. The molecule has 6 nitrogen and oxygen atoms in total. The van der Waals surface area contributed by atoms with Crippen LogP contribution in [0.25, 0.3) is 11.5 Å². The van der Waals surface area contributed by atoms with Crippen LogP contribution in [0.3, 0.4) is 0 Å². The third-order valence-electron chi connectivity index (χ3n) is 2.08. The van der Waals surface area contributed by atoms with Gasteiger partial charge in [-0.25, -0.2) is 4.98 Å². The van der Waals surface area contributed by atoms with Gasteiger partial charge in [-0.2, -0.15) is 5.10 Å². The molecule has 0 fully saturated rings. The van der Waals surface area contributed by atoms with E-state index in [4.69, 9.17) is 21.4 Å². The predicted molar refractivity (Wildman–Crippen MR) is 59.4 cm³/mol. The van der Waals surface area contributed by atoms with Crippen molar-refractivity contribution >= 4 is 12.2 Å². The SMILES string of the molecule is CCOCCn1c(-c2cocn2)n[nH]c1=S. The lowest BCUT2D eigenvalue weighted by molar-refractivity contribution is 0.139. The van der Waals surface area contributed by atoms with Crippen molar-refractivity contribution in [2.24, 2.45) is 0 Å². The molecule has 0 aliphatic rings. The molecule has 0 saturated carbocycles. The van der Waals surface area contributed by atoms with Crippen molar-refractivity contribution in [3.8, 4) is 11.5 Å². The molecule has 2 heterocycles. The van der Waals surface area contributed by atoms with E-state index in [1.807, 2.05) is 11.5 Å². The fraction of sp³-hybridized carbons (Fsp3) is 0.444. The van der Waals surface area contributed by atoms with E-state index in [0.717, 1.165) is 0 Å². The third-order valence-corrected chi connectivity index (χ3v) is 2.39. The van der Waals surface area contributed by atoms with Crippen molar-refractivity contribution in [3.05, 3.63) is 17.4 Å². The maximum absolute atomic E-state index is 5.28. The van der Waals surface area contributed by atoms with Crippen molar-refractivity contribution < 1.29 is 9.15 Å². The zero-order chi connectivity index (χ0) is 11.4. The molecule has 0 saturated heterocycles. The van der Waals surface area contributed by atoms with Crippen LogP contribution in [-0.4, -0.2) is 33.0 Å². The van der Waals surface area contributed by atoms with Gasteiger partial charge >= 0.3 is 0 Å². The smallest absolute Gasteiger partial charge is 0.195 e. The average Bonchev–Trinajstić information content (AvgIpc) is 2.89. The van der Waals surface area contributed by atoms with Crippen LogP contribution in [-0.2, 0) is 11.3 Å². The monoisotopic (exact) mass is 240 g/mol. The van der Waals surface area contributed by atoms with E-state index in [1.54, 1.807) is 0 Å². The summed E-state index contributed by atoms with van der Waals surface area (Å²) in [5.41, 5.74) is 0.656. The minimum atomic E-state index is 0.553. The van der Waals surface area contributed by atoms with Gasteiger partial charge in [0.1, 0.15) is 12.0 Å². The van der Waals surface area contributed by atoms with E-state index in [-0.39, 0.29) is 0 Å². The lowest BCUT2D eigenvalue weighted by Gasteiger charge is -2.04. The molecule has 2 aromatic rings. The summed E-state index contributed by atoms with van der Waals surface area (Å²) in [7, 11) is 0. The van der Waals surface area contributed by atoms with E-state index in [2.05, 4.69) is 15.2 Å². The number of hydrogen-bond donors (Lipinski definition) is 1. The molecule has 0 unspecified atom stereocenters. The molecule has 0 radical (unpaired) electrons. The van der Waals surface area contributed by atoms with Gasteiger partial charge in [-0.05, 0) is 19.1 Å². The Hall–Kier alpha value is -1.47. The minimum absolute atomic E-state index is 0.553. The number of nitrogens with one attached hydrogen (secondary N) is 1. The first-order valence-corrected chi connectivity index (χ1v) is 5.35. The number of oxazole rings is 1. The fourth-order valence-electron chi connectivity index (χ4n) is 1.34. The predicted octanol–water partition coefficient (Wildman–Crippen LogP) is 1.63. The van der Waals surface area contributed by atoms with Gasteiger partial charge in [-0.1, -0.05) is 0 Å². The van der Waals surface area contributed by atoms with Gasteiger partial charge in [-0.15, -0.1) is 0 Å². The molecule has 2 aromatic heterocycles. The van der Waals surface area contributed by atoms with E-state index in [9.17, 15) is 0 Å². The molecule has 0 atom stereocenters. The minimum Gasteiger partial charge on any atom is -0.451 e. The van der Waals surface area contributed by atoms with Crippen molar-refractivity contribution in [1.29, 1.82) is 0 Å². The number of nitrogens with zero attached hydrogens (tertiary/aromatic N) is 3. The molecule has 0 aliphatic carbocycles. The Kier molecular flexibility index (Phi) is 3.47. The molecule has 1 N–H and O–H groups in total. The summed E-state index contributed by atoms with van der Waals surface area (Å²) in [6.07, 6.45) is 2.89. The zero-order valence-corrected chi connectivity index (χ0v) is 9.66. The highest BCUT2D eigenvalue weighted by atomic mass is 32.1. The molecule has 86 valence electrons. The van der Waals surface area contributed by atoms with Crippen molar-refractivity contribution in [1.82, 2.24) is 19.7 Å². The second-order valence-corrected chi connectivity index (χ2v) is 3.46. The van der Waals surface area contributed by atoms with Gasteiger partial charge in [0.25, 0.3) is 0 Å². The Morgan fingerprint density at radius 2 is 2.50 bits per heavy atom. The highest BCUT2D eigenvalue weighted by Crippen LogP contribution is 2.14. The van der Waals surface area contributed by atoms with E-state index < -0.39 is 0 Å². The van der Waals surface area contributed by atoms with Crippen LogP contribution in [0, 0.1) is 4.77 Å². The van der Waals surface area contributed by atoms with Crippen LogP contribution < -0.4 is 0 Å². The normalized spacial score (nSPS) is 10.8. The molecule has 7 heteroatoms. The van der Waals surface area contributed by atoms with E-state index in [1.165, 1.54) is 12.7 Å². The maximum Gasteiger partial charge on any atom is 0.195 e. The maximum atomic E-state index is 5.28. The summed E-state index contributed by atoms with van der Waals surface area (Å²) in [6.45, 7) is 3.87. The number of H-pyrrole nitrogens is 1. The Bertz CT molecular complexity index is 488. The van der Waals surface area contributed by atoms with E-state index in [0.29, 0.717) is 36.0 Å². The van der Waals surface area contributed by atoms with Crippen molar-refractivity contribution in [2.75, 3.05) is 13.2 Å². The average molecular weight is 240 g/mol. The zero-order valence-electron chi connectivity index (χ0n) is 8.84. The van der Waals surface area contributed by atoms with Crippen LogP contribution >= 0.6 is 12.2 Å². The second kappa shape index (κ2) is 5.04. The summed E-state index contributed by atoms with van der Waals surface area (Å²) in [6, 6.07) is 0. The molecular formula is C9H12N4O2S. The van der Waals surface area contributed by atoms with Gasteiger partial charge in [0.05, 0.1) is 13.2 Å². The number of aromatic amines is 1. The summed E-state index contributed by atoms with van der Waals surface area (Å²) < 4.78 is 12.6. The number of hydrogen-bond acceptors (Lipinski definition) is 5. The van der Waals surface area contributed by atoms with Crippen LogP contribution in [0.15, 0.2) is 17.1 Å². The van der Waals surface area contributed by atoms with Gasteiger partial charge in [0.2, 0.25) is 0 Å². The summed E-state index contributed by atoms with van der Waals surface area (Å²) >= 11 is 5.13. The highest BCUT2D eigenvalue weighted by molar-refractivity contribution is 7.71.